The molecule has 1 amide bonds. The van der Waals surface area contributed by atoms with Gasteiger partial charge in [-0.05, 0) is 25.0 Å². The zero-order valence-corrected chi connectivity index (χ0v) is 15.8. The molecule has 2 aliphatic heterocycles. The first-order chi connectivity index (χ1) is 13.7. The predicted molar refractivity (Wildman–Crippen MR) is 103 cm³/mol. The number of carbonyl (C=O) groups is 1. The highest BCUT2D eigenvalue weighted by molar-refractivity contribution is 5.80. The van der Waals surface area contributed by atoms with Crippen LogP contribution in [0.2, 0.25) is 0 Å². The molecule has 1 fully saturated rings. The van der Waals surface area contributed by atoms with Crippen LogP contribution in [0.1, 0.15) is 11.3 Å². The second-order valence-electron chi connectivity index (χ2n) is 7.36. The number of para-hydroxylation sites is 1. The average molecular weight is 378 g/mol. The molecular formula is C20H22N6O2. The third kappa shape index (κ3) is 2.94. The number of piperazine rings is 1. The first-order valence-electron chi connectivity index (χ1n) is 9.61. The first-order valence-corrected chi connectivity index (χ1v) is 9.61. The van der Waals surface area contributed by atoms with E-state index in [0.717, 1.165) is 42.3 Å². The number of nitrogens with zero attached hydrogens (tertiary/aromatic N) is 6. The zero-order valence-electron chi connectivity index (χ0n) is 15.8. The number of anilines is 1. The molecule has 0 spiro atoms. The molecule has 1 saturated heterocycles. The van der Waals surface area contributed by atoms with E-state index < -0.39 is 0 Å². The van der Waals surface area contributed by atoms with Crippen molar-refractivity contribution in [1.82, 2.24) is 24.5 Å². The third-order valence-corrected chi connectivity index (χ3v) is 5.50. The molecule has 28 heavy (non-hydrogen) atoms. The fraction of sp³-hybridized carbons (Fsp3) is 0.400. The molecule has 1 atom stereocenters. The minimum absolute atomic E-state index is 0.105. The Hall–Kier alpha value is -3.16. The Morgan fingerprint density at radius 2 is 2.00 bits per heavy atom. The van der Waals surface area contributed by atoms with Gasteiger partial charge in [-0.1, -0.05) is 18.2 Å². The second kappa shape index (κ2) is 6.78. The number of fused-ring (bicyclic) bond motifs is 2. The molecule has 8 heteroatoms. The lowest BCUT2D eigenvalue weighted by Crippen LogP contribution is -2.52. The minimum atomic E-state index is -0.105. The highest BCUT2D eigenvalue weighted by Gasteiger charge is 2.31. The summed E-state index contributed by atoms with van der Waals surface area (Å²) in [5.41, 5.74) is 2.03. The molecule has 0 radical (unpaired) electrons. The smallest absolute Gasteiger partial charge is 0.254 e. The molecule has 4 heterocycles. The van der Waals surface area contributed by atoms with Crippen LogP contribution < -0.4 is 9.64 Å². The van der Waals surface area contributed by atoms with E-state index in [1.807, 2.05) is 42.2 Å². The highest BCUT2D eigenvalue weighted by Crippen LogP contribution is 2.28. The Labute approximate surface area is 162 Å². The van der Waals surface area contributed by atoms with Crippen molar-refractivity contribution in [1.29, 1.82) is 0 Å². The van der Waals surface area contributed by atoms with E-state index in [1.165, 1.54) is 6.33 Å². The minimum Gasteiger partial charge on any atom is -0.492 e. The summed E-state index contributed by atoms with van der Waals surface area (Å²) in [6.07, 6.45) is 2.27. The fourth-order valence-corrected chi connectivity index (χ4v) is 4.04. The molecule has 5 rings (SSSR count). The SMILES string of the molecule is Cc1cc(N2CCN(C(=O)[C@@H]3COc4ccccc4C3)CC2)n2ncnc2n1. The Morgan fingerprint density at radius 1 is 1.18 bits per heavy atom. The van der Waals surface area contributed by atoms with Crippen molar-refractivity contribution in [2.24, 2.45) is 5.92 Å². The second-order valence-corrected chi connectivity index (χ2v) is 7.36. The van der Waals surface area contributed by atoms with Gasteiger partial charge in [0, 0.05) is 37.9 Å². The maximum absolute atomic E-state index is 13.0. The average Bonchev–Trinajstić information content (AvgIpc) is 3.21. The van der Waals surface area contributed by atoms with Crippen LogP contribution in [0.25, 0.3) is 5.78 Å². The normalized spacial score (nSPS) is 19.4. The van der Waals surface area contributed by atoms with Gasteiger partial charge < -0.3 is 14.5 Å². The van der Waals surface area contributed by atoms with Crippen molar-refractivity contribution in [2.75, 3.05) is 37.7 Å². The van der Waals surface area contributed by atoms with Gasteiger partial charge in [-0.2, -0.15) is 14.6 Å². The first kappa shape index (κ1) is 17.0. The lowest BCUT2D eigenvalue weighted by Gasteiger charge is -2.38. The Balaban J connectivity index is 1.27. The Morgan fingerprint density at radius 3 is 2.86 bits per heavy atom. The summed E-state index contributed by atoms with van der Waals surface area (Å²) >= 11 is 0. The largest absolute Gasteiger partial charge is 0.492 e. The van der Waals surface area contributed by atoms with E-state index in [2.05, 4.69) is 20.0 Å². The van der Waals surface area contributed by atoms with Gasteiger partial charge in [-0.15, -0.1) is 0 Å². The van der Waals surface area contributed by atoms with Crippen molar-refractivity contribution in [3.63, 3.8) is 0 Å². The van der Waals surface area contributed by atoms with Crippen LogP contribution in [0.4, 0.5) is 5.82 Å². The van der Waals surface area contributed by atoms with Crippen molar-refractivity contribution >= 4 is 17.5 Å². The monoisotopic (exact) mass is 378 g/mol. The molecule has 1 aromatic carbocycles. The molecule has 0 N–H and O–H groups in total. The number of aromatic nitrogens is 4. The standard InChI is InChI=1S/C20H22N6O2/c1-14-10-18(26-20(23-14)21-13-22-26)24-6-8-25(9-7-24)19(27)16-11-15-4-2-3-5-17(15)28-12-16/h2-5,10,13,16H,6-9,11-12H2,1H3/t16-/m0/s1. The van der Waals surface area contributed by atoms with Gasteiger partial charge in [0.05, 0.1) is 5.92 Å². The number of aryl methyl sites for hydroxylation is 1. The summed E-state index contributed by atoms with van der Waals surface area (Å²) in [4.78, 5) is 25.8. The summed E-state index contributed by atoms with van der Waals surface area (Å²) in [5, 5.41) is 4.29. The quantitative estimate of drug-likeness (QED) is 0.670. The van der Waals surface area contributed by atoms with Crippen LogP contribution in [-0.2, 0) is 11.2 Å². The summed E-state index contributed by atoms with van der Waals surface area (Å²) < 4.78 is 7.57. The van der Waals surface area contributed by atoms with Gasteiger partial charge in [0.2, 0.25) is 5.91 Å². The predicted octanol–water partition coefficient (Wildman–Crippen LogP) is 1.33. The van der Waals surface area contributed by atoms with Gasteiger partial charge in [-0.25, -0.2) is 4.98 Å². The van der Waals surface area contributed by atoms with Gasteiger partial charge >= 0.3 is 0 Å². The van der Waals surface area contributed by atoms with Crippen molar-refractivity contribution < 1.29 is 9.53 Å². The molecular weight excluding hydrogens is 356 g/mol. The number of amides is 1. The molecule has 0 unspecified atom stereocenters. The lowest BCUT2D eigenvalue weighted by molar-refractivity contribution is -0.137. The highest BCUT2D eigenvalue weighted by atomic mass is 16.5. The number of hydrogen-bond acceptors (Lipinski definition) is 6. The Kier molecular flexibility index (Phi) is 4.11. The zero-order chi connectivity index (χ0) is 19.1. The van der Waals surface area contributed by atoms with Gasteiger partial charge in [0.1, 0.15) is 24.5 Å². The molecule has 8 nitrogen and oxygen atoms in total. The molecule has 0 bridgehead atoms. The van der Waals surface area contributed by atoms with Crippen molar-refractivity contribution in [3.05, 3.63) is 47.9 Å². The maximum Gasteiger partial charge on any atom is 0.254 e. The Bertz CT molecular complexity index is 1020. The van der Waals surface area contributed by atoms with Crippen LogP contribution in [0.15, 0.2) is 36.7 Å². The molecule has 0 aliphatic carbocycles. The molecule has 2 aromatic heterocycles. The summed E-state index contributed by atoms with van der Waals surface area (Å²) in [6, 6.07) is 9.99. The number of carbonyl (C=O) groups excluding carboxylic acids is 1. The molecule has 3 aromatic rings. The maximum atomic E-state index is 13.0. The number of hydrogen-bond donors (Lipinski definition) is 0. The third-order valence-electron chi connectivity index (χ3n) is 5.50. The lowest BCUT2D eigenvalue weighted by atomic mass is 9.95. The van der Waals surface area contributed by atoms with Gasteiger partial charge in [-0.3, -0.25) is 4.79 Å². The van der Waals surface area contributed by atoms with Crippen molar-refractivity contribution in [2.45, 2.75) is 13.3 Å². The number of rotatable bonds is 2. The topological polar surface area (TPSA) is 75.9 Å². The van der Waals surface area contributed by atoms with Crippen LogP contribution in [0.5, 0.6) is 5.75 Å². The van der Waals surface area contributed by atoms with Crippen LogP contribution >= 0.6 is 0 Å². The van der Waals surface area contributed by atoms with E-state index in [0.29, 0.717) is 25.5 Å². The van der Waals surface area contributed by atoms with E-state index in [4.69, 9.17) is 4.74 Å². The summed E-state index contributed by atoms with van der Waals surface area (Å²) in [6.45, 7) is 5.31. The van der Waals surface area contributed by atoms with Crippen LogP contribution in [0, 0.1) is 12.8 Å². The van der Waals surface area contributed by atoms with E-state index in [9.17, 15) is 4.79 Å². The van der Waals surface area contributed by atoms with E-state index in [-0.39, 0.29) is 11.8 Å². The van der Waals surface area contributed by atoms with E-state index in [1.54, 1.807) is 4.52 Å². The summed E-state index contributed by atoms with van der Waals surface area (Å²) in [7, 11) is 0. The number of ether oxygens (including phenoxy) is 1. The van der Waals surface area contributed by atoms with Gasteiger partial charge in [0.25, 0.3) is 5.78 Å². The summed E-state index contributed by atoms with van der Waals surface area (Å²) in [5.74, 6) is 2.56. The molecule has 0 saturated carbocycles. The van der Waals surface area contributed by atoms with Crippen LogP contribution in [-0.4, -0.2) is 63.2 Å². The number of benzene rings is 1. The van der Waals surface area contributed by atoms with Crippen LogP contribution in [0.3, 0.4) is 0 Å². The van der Waals surface area contributed by atoms with Gasteiger partial charge in [0.15, 0.2) is 0 Å². The van der Waals surface area contributed by atoms with Crippen molar-refractivity contribution in [3.8, 4) is 5.75 Å². The fourth-order valence-electron chi connectivity index (χ4n) is 4.04. The van der Waals surface area contributed by atoms with E-state index >= 15 is 0 Å². The molecule has 144 valence electrons. The molecule has 2 aliphatic rings.